The molecule has 0 spiro atoms. The fourth-order valence-electron chi connectivity index (χ4n) is 2.74. The Labute approximate surface area is 161 Å². The fraction of sp³-hybridized carbons (Fsp3) is 0.263. The summed E-state index contributed by atoms with van der Waals surface area (Å²) >= 11 is 0. The maximum absolute atomic E-state index is 12.2. The normalized spacial score (nSPS) is 15.9. The Morgan fingerprint density at radius 1 is 1.18 bits per heavy atom. The molecule has 0 unspecified atom stereocenters. The summed E-state index contributed by atoms with van der Waals surface area (Å²) in [5, 5.41) is 3.85. The summed E-state index contributed by atoms with van der Waals surface area (Å²) in [5.41, 5.74) is 6.35. The van der Waals surface area contributed by atoms with E-state index in [2.05, 4.69) is 26.0 Å². The molecule has 1 aromatic carbocycles. The van der Waals surface area contributed by atoms with Crippen molar-refractivity contribution >= 4 is 11.9 Å². The molecule has 144 valence electrons. The third-order valence-electron chi connectivity index (χ3n) is 4.22. The molecule has 1 atom stereocenters. The van der Waals surface area contributed by atoms with Crippen LogP contribution in [0.2, 0.25) is 0 Å². The van der Waals surface area contributed by atoms with Crippen LogP contribution in [0.1, 0.15) is 23.2 Å². The number of amides is 1. The van der Waals surface area contributed by atoms with E-state index in [1.165, 1.54) is 0 Å². The van der Waals surface area contributed by atoms with Crippen molar-refractivity contribution in [3.05, 3.63) is 54.4 Å². The first-order valence-corrected chi connectivity index (χ1v) is 8.93. The zero-order chi connectivity index (χ0) is 19.2. The van der Waals surface area contributed by atoms with Gasteiger partial charge in [0.2, 0.25) is 5.82 Å². The summed E-state index contributed by atoms with van der Waals surface area (Å²) in [5.74, 6) is 0.750. The van der Waals surface area contributed by atoms with Crippen molar-refractivity contribution in [1.29, 1.82) is 0 Å². The van der Waals surface area contributed by atoms with Crippen molar-refractivity contribution in [2.45, 2.75) is 18.9 Å². The van der Waals surface area contributed by atoms with Gasteiger partial charge in [-0.2, -0.15) is 4.98 Å². The maximum atomic E-state index is 12.2. The van der Waals surface area contributed by atoms with Crippen molar-refractivity contribution in [1.82, 2.24) is 20.6 Å². The standard InChI is InChI=1S/C19H19N5O4/c25-18(14-3-5-15(6-4-14)27-12-16-2-1-11-26-16)22-23-19-21-17(24-28-19)13-7-9-20-10-8-13/h3-10,16H,1-2,11-12H2,(H,22,25)(H,21,23,24)/t16-/m0/s1. The molecular formula is C19H19N5O4. The maximum Gasteiger partial charge on any atom is 0.340 e. The molecule has 3 aromatic rings. The number of hydrazine groups is 1. The lowest BCUT2D eigenvalue weighted by Crippen LogP contribution is -2.29. The number of carbonyl (C=O) groups excluding carboxylic acids is 1. The molecule has 4 rings (SSSR count). The van der Waals surface area contributed by atoms with E-state index in [0.717, 1.165) is 25.0 Å². The van der Waals surface area contributed by atoms with E-state index in [1.54, 1.807) is 48.8 Å². The average Bonchev–Trinajstić information content (AvgIpc) is 3.44. The second kappa shape index (κ2) is 8.49. The lowest BCUT2D eigenvalue weighted by Gasteiger charge is -2.11. The number of nitrogens with one attached hydrogen (secondary N) is 2. The highest BCUT2D eigenvalue weighted by Gasteiger charge is 2.16. The third kappa shape index (κ3) is 4.44. The molecule has 0 bridgehead atoms. The van der Waals surface area contributed by atoms with Crippen LogP contribution in [-0.2, 0) is 4.74 Å². The summed E-state index contributed by atoms with van der Waals surface area (Å²) in [7, 11) is 0. The molecule has 0 saturated carbocycles. The zero-order valence-corrected chi connectivity index (χ0v) is 15.0. The fourth-order valence-corrected chi connectivity index (χ4v) is 2.74. The van der Waals surface area contributed by atoms with Gasteiger partial charge in [-0.15, -0.1) is 0 Å². The number of rotatable bonds is 7. The van der Waals surface area contributed by atoms with Gasteiger partial charge in [-0.1, -0.05) is 5.16 Å². The summed E-state index contributed by atoms with van der Waals surface area (Å²) in [4.78, 5) is 20.3. The molecule has 1 aliphatic rings. The third-order valence-corrected chi connectivity index (χ3v) is 4.22. The minimum Gasteiger partial charge on any atom is -0.491 e. The van der Waals surface area contributed by atoms with Crippen molar-refractivity contribution in [2.24, 2.45) is 0 Å². The highest BCUT2D eigenvalue weighted by atomic mass is 16.5. The van der Waals surface area contributed by atoms with Gasteiger partial charge in [0.05, 0.1) is 6.10 Å². The molecule has 1 fully saturated rings. The Balaban J connectivity index is 1.28. The number of hydrogen-bond acceptors (Lipinski definition) is 8. The van der Waals surface area contributed by atoms with Crippen LogP contribution < -0.4 is 15.6 Å². The van der Waals surface area contributed by atoms with Crippen LogP contribution >= 0.6 is 0 Å². The molecular weight excluding hydrogens is 362 g/mol. The van der Waals surface area contributed by atoms with Gasteiger partial charge in [0, 0.05) is 30.1 Å². The smallest absolute Gasteiger partial charge is 0.340 e. The number of hydrogen-bond donors (Lipinski definition) is 2. The number of pyridine rings is 1. The lowest BCUT2D eigenvalue weighted by molar-refractivity contribution is 0.0679. The Kier molecular flexibility index (Phi) is 5.43. The van der Waals surface area contributed by atoms with Gasteiger partial charge in [0.25, 0.3) is 5.91 Å². The van der Waals surface area contributed by atoms with Crippen LogP contribution in [0.15, 0.2) is 53.3 Å². The first kappa shape index (κ1) is 17.9. The largest absolute Gasteiger partial charge is 0.491 e. The van der Waals surface area contributed by atoms with Gasteiger partial charge in [0.1, 0.15) is 12.4 Å². The Hall–Kier alpha value is -3.46. The predicted molar refractivity (Wildman–Crippen MR) is 99.5 cm³/mol. The minimum atomic E-state index is -0.339. The number of carbonyl (C=O) groups is 1. The van der Waals surface area contributed by atoms with Gasteiger partial charge in [-0.3, -0.25) is 15.2 Å². The van der Waals surface area contributed by atoms with Crippen molar-refractivity contribution < 1.29 is 18.8 Å². The molecule has 28 heavy (non-hydrogen) atoms. The first-order chi connectivity index (χ1) is 13.8. The molecule has 1 saturated heterocycles. The van der Waals surface area contributed by atoms with Crippen LogP contribution in [0.5, 0.6) is 5.75 Å². The quantitative estimate of drug-likeness (QED) is 0.600. The minimum absolute atomic E-state index is 0.0803. The van der Waals surface area contributed by atoms with Crippen LogP contribution in [0.3, 0.4) is 0 Å². The van der Waals surface area contributed by atoms with E-state index in [-0.39, 0.29) is 18.0 Å². The van der Waals surface area contributed by atoms with Gasteiger partial charge in [-0.25, -0.2) is 5.43 Å². The number of benzene rings is 1. The van der Waals surface area contributed by atoms with Crippen molar-refractivity contribution in [3.63, 3.8) is 0 Å². The zero-order valence-electron chi connectivity index (χ0n) is 15.0. The summed E-state index contributed by atoms with van der Waals surface area (Å²) in [6.45, 7) is 1.31. The van der Waals surface area contributed by atoms with Crippen molar-refractivity contribution in [3.8, 4) is 17.1 Å². The van der Waals surface area contributed by atoms with Crippen LogP contribution in [0, 0.1) is 0 Å². The van der Waals surface area contributed by atoms with Crippen LogP contribution in [0.4, 0.5) is 6.01 Å². The lowest BCUT2D eigenvalue weighted by atomic mass is 10.2. The Morgan fingerprint density at radius 2 is 2.00 bits per heavy atom. The molecule has 3 heterocycles. The predicted octanol–water partition coefficient (Wildman–Crippen LogP) is 2.45. The van der Waals surface area contributed by atoms with Gasteiger partial charge in [-0.05, 0) is 49.2 Å². The number of ether oxygens (including phenoxy) is 2. The van der Waals surface area contributed by atoms with Gasteiger partial charge < -0.3 is 14.0 Å². The summed E-state index contributed by atoms with van der Waals surface area (Å²) in [6, 6.07) is 10.5. The average molecular weight is 381 g/mol. The van der Waals surface area contributed by atoms with Crippen molar-refractivity contribution in [2.75, 3.05) is 18.6 Å². The van der Waals surface area contributed by atoms with E-state index in [4.69, 9.17) is 14.0 Å². The van der Waals surface area contributed by atoms with Crippen LogP contribution in [0.25, 0.3) is 11.4 Å². The molecule has 0 radical (unpaired) electrons. The van der Waals surface area contributed by atoms with E-state index < -0.39 is 0 Å². The Bertz CT molecular complexity index is 908. The molecule has 1 amide bonds. The van der Waals surface area contributed by atoms with E-state index in [0.29, 0.717) is 23.7 Å². The highest BCUT2D eigenvalue weighted by Crippen LogP contribution is 2.17. The number of anilines is 1. The van der Waals surface area contributed by atoms with E-state index in [1.807, 2.05) is 0 Å². The first-order valence-electron chi connectivity index (χ1n) is 8.93. The SMILES string of the molecule is O=C(NNc1nc(-c2ccncc2)no1)c1ccc(OC[C@@H]2CCCO2)cc1. The molecule has 9 heteroatoms. The molecule has 0 aliphatic carbocycles. The Morgan fingerprint density at radius 3 is 2.75 bits per heavy atom. The number of nitrogens with zero attached hydrogens (tertiary/aromatic N) is 3. The van der Waals surface area contributed by atoms with Crippen LogP contribution in [-0.4, -0.2) is 40.3 Å². The molecule has 2 aromatic heterocycles. The highest BCUT2D eigenvalue weighted by molar-refractivity contribution is 5.94. The molecule has 2 N–H and O–H groups in total. The summed E-state index contributed by atoms with van der Waals surface area (Å²) in [6.07, 6.45) is 5.51. The topological polar surface area (TPSA) is 111 Å². The second-order valence-electron chi connectivity index (χ2n) is 6.21. The molecule has 9 nitrogen and oxygen atoms in total. The van der Waals surface area contributed by atoms with Gasteiger partial charge >= 0.3 is 6.01 Å². The monoisotopic (exact) mass is 381 g/mol. The summed E-state index contributed by atoms with van der Waals surface area (Å²) < 4.78 is 16.3. The molecule has 1 aliphatic heterocycles. The number of aromatic nitrogens is 3. The van der Waals surface area contributed by atoms with Gasteiger partial charge in [0.15, 0.2) is 0 Å². The van der Waals surface area contributed by atoms with E-state index in [9.17, 15) is 4.79 Å². The van der Waals surface area contributed by atoms with E-state index >= 15 is 0 Å². The second-order valence-corrected chi connectivity index (χ2v) is 6.21.